The lowest BCUT2D eigenvalue weighted by Gasteiger charge is -2.34. The number of benzene rings is 1. The summed E-state index contributed by atoms with van der Waals surface area (Å²) in [5.74, 6) is 0.871. The molecule has 0 bridgehead atoms. The number of aryl methyl sites for hydroxylation is 1. The van der Waals surface area contributed by atoms with E-state index >= 15 is 0 Å². The Morgan fingerprint density at radius 1 is 1.26 bits per heavy atom. The van der Waals surface area contributed by atoms with Gasteiger partial charge in [0.05, 0.1) is 10.2 Å². The fourth-order valence-electron chi connectivity index (χ4n) is 4.16. The minimum atomic E-state index is 0.127. The van der Waals surface area contributed by atoms with Crippen molar-refractivity contribution in [3.05, 3.63) is 33.4 Å². The molecule has 2 aliphatic heterocycles. The van der Waals surface area contributed by atoms with Gasteiger partial charge >= 0.3 is 4.87 Å². The highest BCUT2D eigenvalue weighted by atomic mass is 32.1. The molecule has 4 nitrogen and oxygen atoms in total. The molecule has 2 fully saturated rings. The van der Waals surface area contributed by atoms with Gasteiger partial charge in [-0.15, -0.1) is 0 Å². The summed E-state index contributed by atoms with van der Waals surface area (Å²) in [6, 6.07) is 7.25. The zero-order valence-electron chi connectivity index (χ0n) is 13.8. The molecule has 23 heavy (non-hydrogen) atoms. The van der Waals surface area contributed by atoms with Crippen LogP contribution in [-0.4, -0.2) is 35.1 Å². The molecule has 0 aliphatic carbocycles. The van der Waals surface area contributed by atoms with Crippen molar-refractivity contribution in [2.75, 3.05) is 19.6 Å². The van der Waals surface area contributed by atoms with Crippen molar-refractivity contribution in [1.82, 2.24) is 14.8 Å². The van der Waals surface area contributed by atoms with Gasteiger partial charge in [-0.25, -0.2) is 0 Å². The van der Waals surface area contributed by atoms with Gasteiger partial charge in [-0.3, -0.25) is 9.69 Å². The SMILES string of the molecule is Cn1c(=O)sc2cc(CN3CCC(C4CCCN4)CC3)ccc21. The van der Waals surface area contributed by atoms with E-state index < -0.39 is 0 Å². The standard InChI is InChI=1S/C18H25N3OS/c1-20-16-5-4-13(11-17(16)23-18(20)22)12-21-9-6-14(7-10-21)15-3-2-8-19-15/h4-5,11,14-15,19H,2-3,6-10,12H2,1H3. The first-order chi connectivity index (χ1) is 11.2. The maximum atomic E-state index is 11.8. The number of piperidine rings is 1. The molecule has 0 amide bonds. The Hall–Kier alpha value is -1.17. The summed E-state index contributed by atoms with van der Waals surface area (Å²) in [6.07, 6.45) is 5.36. The van der Waals surface area contributed by atoms with Gasteiger partial charge in [-0.1, -0.05) is 17.4 Å². The van der Waals surface area contributed by atoms with Crippen molar-refractivity contribution in [1.29, 1.82) is 0 Å². The third-order valence-corrected chi connectivity index (χ3v) is 6.56. The normalized spacial score (nSPS) is 23.8. The van der Waals surface area contributed by atoms with E-state index in [1.54, 1.807) is 4.57 Å². The molecule has 4 rings (SSSR count). The molecule has 1 atom stereocenters. The molecule has 0 saturated carbocycles. The molecule has 2 aliphatic rings. The Kier molecular flexibility index (Phi) is 4.26. The number of hydrogen-bond donors (Lipinski definition) is 1. The second-order valence-corrected chi connectivity index (χ2v) is 8.04. The summed E-state index contributed by atoms with van der Waals surface area (Å²) in [4.78, 5) is 14.5. The predicted octanol–water partition coefficient (Wildman–Crippen LogP) is 2.56. The fraction of sp³-hybridized carbons (Fsp3) is 0.611. The lowest BCUT2D eigenvalue weighted by atomic mass is 9.88. The lowest BCUT2D eigenvalue weighted by molar-refractivity contribution is 0.157. The van der Waals surface area contributed by atoms with Gasteiger partial charge in [0.25, 0.3) is 0 Å². The molecule has 2 aromatic rings. The number of thiazole rings is 1. The molecule has 5 heteroatoms. The van der Waals surface area contributed by atoms with Gasteiger partial charge in [0, 0.05) is 19.6 Å². The highest BCUT2D eigenvalue weighted by Gasteiger charge is 2.28. The van der Waals surface area contributed by atoms with Crippen molar-refractivity contribution in [2.45, 2.75) is 38.3 Å². The number of likely N-dealkylation sites (tertiary alicyclic amines) is 1. The van der Waals surface area contributed by atoms with E-state index in [0.29, 0.717) is 0 Å². The van der Waals surface area contributed by atoms with E-state index in [4.69, 9.17) is 0 Å². The molecule has 3 heterocycles. The molecular weight excluding hydrogens is 306 g/mol. The third kappa shape index (κ3) is 3.10. The zero-order chi connectivity index (χ0) is 15.8. The Morgan fingerprint density at radius 2 is 2.09 bits per heavy atom. The number of rotatable bonds is 3. The Labute approximate surface area is 141 Å². The van der Waals surface area contributed by atoms with E-state index in [2.05, 4.69) is 28.4 Å². The van der Waals surface area contributed by atoms with Crippen LogP contribution in [0.25, 0.3) is 10.2 Å². The summed E-state index contributed by atoms with van der Waals surface area (Å²) in [5.41, 5.74) is 2.38. The quantitative estimate of drug-likeness (QED) is 0.939. The largest absolute Gasteiger partial charge is 0.314 e. The van der Waals surface area contributed by atoms with Crippen LogP contribution in [0.2, 0.25) is 0 Å². The van der Waals surface area contributed by atoms with Gasteiger partial charge in [-0.05, 0) is 68.9 Å². The van der Waals surface area contributed by atoms with Crippen LogP contribution in [0.5, 0.6) is 0 Å². The monoisotopic (exact) mass is 331 g/mol. The maximum absolute atomic E-state index is 11.8. The van der Waals surface area contributed by atoms with Gasteiger partial charge in [0.15, 0.2) is 0 Å². The molecule has 0 radical (unpaired) electrons. The maximum Gasteiger partial charge on any atom is 0.307 e. The molecule has 1 aromatic heterocycles. The van der Waals surface area contributed by atoms with E-state index in [-0.39, 0.29) is 4.87 Å². The van der Waals surface area contributed by atoms with Gasteiger partial charge < -0.3 is 9.88 Å². The molecule has 124 valence electrons. The number of nitrogens with zero attached hydrogens (tertiary/aromatic N) is 2. The van der Waals surface area contributed by atoms with Crippen molar-refractivity contribution in [2.24, 2.45) is 13.0 Å². The zero-order valence-corrected chi connectivity index (χ0v) is 14.6. The molecular formula is C18H25N3OS. The summed E-state index contributed by atoms with van der Waals surface area (Å²) < 4.78 is 2.85. The van der Waals surface area contributed by atoms with E-state index in [9.17, 15) is 4.79 Å². The van der Waals surface area contributed by atoms with Gasteiger partial charge in [0.2, 0.25) is 0 Å². The first-order valence-corrected chi connectivity index (χ1v) is 9.56. The van der Waals surface area contributed by atoms with Crippen LogP contribution >= 0.6 is 11.3 Å². The Balaban J connectivity index is 1.40. The summed E-state index contributed by atoms with van der Waals surface area (Å²) in [7, 11) is 1.85. The van der Waals surface area contributed by atoms with Gasteiger partial charge in [0.1, 0.15) is 0 Å². The second kappa shape index (κ2) is 6.38. The topological polar surface area (TPSA) is 37.3 Å². The molecule has 0 spiro atoms. The molecule has 1 aromatic carbocycles. The summed E-state index contributed by atoms with van der Waals surface area (Å²) >= 11 is 1.35. The van der Waals surface area contributed by atoms with Crippen LogP contribution in [0.3, 0.4) is 0 Å². The van der Waals surface area contributed by atoms with Crippen LogP contribution in [0, 0.1) is 5.92 Å². The summed E-state index contributed by atoms with van der Waals surface area (Å²) in [6.45, 7) is 4.62. The highest BCUT2D eigenvalue weighted by Crippen LogP contribution is 2.27. The van der Waals surface area contributed by atoms with Crippen molar-refractivity contribution >= 4 is 21.6 Å². The number of fused-ring (bicyclic) bond motifs is 1. The van der Waals surface area contributed by atoms with E-state index in [1.807, 2.05) is 7.05 Å². The number of nitrogens with one attached hydrogen (secondary N) is 1. The minimum absolute atomic E-state index is 0.127. The average molecular weight is 331 g/mol. The Bertz CT molecular complexity index is 736. The van der Waals surface area contributed by atoms with Crippen LogP contribution < -0.4 is 10.2 Å². The number of aromatic nitrogens is 1. The predicted molar refractivity (Wildman–Crippen MR) is 96.1 cm³/mol. The Morgan fingerprint density at radius 3 is 2.83 bits per heavy atom. The van der Waals surface area contributed by atoms with Crippen molar-refractivity contribution < 1.29 is 0 Å². The molecule has 2 saturated heterocycles. The average Bonchev–Trinajstić information content (AvgIpc) is 3.18. The van der Waals surface area contributed by atoms with Crippen LogP contribution in [0.1, 0.15) is 31.2 Å². The van der Waals surface area contributed by atoms with Crippen molar-refractivity contribution in [3.8, 4) is 0 Å². The first kappa shape index (κ1) is 15.4. The molecule has 1 N–H and O–H groups in total. The van der Waals surface area contributed by atoms with Crippen molar-refractivity contribution in [3.63, 3.8) is 0 Å². The fourth-order valence-corrected chi connectivity index (χ4v) is 5.11. The lowest BCUT2D eigenvalue weighted by Crippen LogP contribution is -2.40. The summed E-state index contributed by atoms with van der Waals surface area (Å²) in [5, 5.41) is 3.67. The van der Waals surface area contributed by atoms with E-state index in [1.165, 1.54) is 62.2 Å². The smallest absolute Gasteiger partial charge is 0.307 e. The highest BCUT2D eigenvalue weighted by molar-refractivity contribution is 7.16. The van der Waals surface area contributed by atoms with Gasteiger partial charge in [-0.2, -0.15) is 0 Å². The number of hydrogen-bond acceptors (Lipinski definition) is 4. The third-order valence-electron chi connectivity index (χ3n) is 5.56. The van der Waals surface area contributed by atoms with Crippen LogP contribution in [-0.2, 0) is 13.6 Å². The van der Waals surface area contributed by atoms with Crippen LogP contribution in [0.15, 0.2) is 23.0 Å². The second-order valence-electron chi connectivity index (χ2n) is 7.05. The first-order valence-electron chi connectivity index (χ1n) is 8.75. The van der Waals surface area contributed by atoms with E-state index in [0.717, 1.165) is 28.7 Å². The minimum Gasteiger partial charge on any atom is -0.314 e. The van der Waals surface area contributed by atoms with Crippen LogP contribution in [0.4, 0.5) is 0 Å². The molecule has 1 unspecified atom stereocenters.